The predicted octanol–water partition coefficient (Wildman–Crippen LogP) is 1.76. The molecule has 1 unspecified atom stereocenters. The van der Waals surface area contributed by atoms with Crippen molar-refractivity contribution < 1.29 is 19.1 Å². The van der Waals surface area contributed by atoms with Gasteiger partial charge in [0.05, 0.1) is 0 Å². The molecule has 0 aromatic heterocycles. The summed E-state index contributed by atoms with van der Waals surface area (Å²) in [6, 6.07) is -0.597. The van der Waals surface area contributed by atoms with E-state index in [2.05, 4.69) is 17.9 Å². The second-order valence-corrected chi connectivity index (χ2v) is 5.80. The zero-order valence-electron chi connectivity index (χ0n) is 11.1. The summed E-state index contributed by atoms with van der Waals surface area (Å²) in [5.74, 6) is 0.234. The molecule has 0 saturated heterocycles. The molecule has 0 bridgehead atoms. The number of thiol groups is 1. The third-order valence-corrected chi connectivity index (χ3v) is 2.54. The summed E-state index contributed by atoms with van der Waals surface area (Å²) in [6.07, 6.45) is 1.27. The van der Waals surface area contributed by atoms with Crippen molar-refractivity contribution in [3.63, 3.8) is 0 Å². The van der Waals surface area contributed by atoms with Gasteiger partial charge in [0.15, 0.2) is 0 Å². The summed E-state index contributed by atoms with van der Waals surface area (Å²) < 4.78 is 10.1. The maximum absolute atomic E-state index is 11.8. The molecule has 1 N–H and O–H groups in total. The molecule has 104 valence electrons. The van der Waals surface area contributed by atoms with Gasteiger partial charge in [-0.25, -0.2) is 9.59 Å². The predicted molar refractivity (Wildman–Crippen MR) is 70.7 cm³/mol. The van der Waals surface area contributed by atoms with E-state index in [0.29, 0.717) is 5.75 Å². The Morgan fingerprint density at radius 3 is 2.44 bits per heavy atom. The van der Waals surface area contributed by atoms with Crippen molar-refractivity contribution in [2.75, 3.05) is 12.4 Å². The maximum atomic E-state index is 11.8. The van der Waals surface area contributed by atoms with E-state index in [1.165, 1.54) is 0 Å². The average molecular weight is 275 g/mol. The van der Waals surface area contributed by atoms with E-state index in [4.69, 9.17) is 9.47 Å². The van der Waals surface area contributed by atoms with Crippen LogP contribution in [0.15, 0.2) is 0 Å². The molecule has 1 fully saturated rings. The summed E-state index contributed by atoms with van der Waals surface area (Å²) in [5, 5.41) is 2.58. The zero-order chi connectivity index (χ0) is 13.8. The fourth-order valence-electron chi connectivity index (χ4n) is 1.47. The molecule has 0 aromatic carbocycles. The lowest BCUT2D eigenvalue weighted by Crippen LogP contribution is -2.45. The molecule has 1 amide bonds. The molecule has 1 saturated carbocycles. The lowest BCUT2D eigenvalue weighted by molar-refractivity contribution is -0.146. The Kier molecular flexibility index (Phi) is 5.31. The number of esters is 1. The Labute approximate surface area is 113 Å². The molecule has 1 rings (SSSR count). The van der Waals surface area contributed by atoms with Crippen LogP contribution in [0, 0.1) is 5.92 Å². The number of ether oxygens (including phenoxy) is 2. The van der Waals surface area contributed by atoms with Crippen molar-refractivity contribution in [3.05, 3.63) is 0 Å². The minimum absolute atomic E-state index is 0.171. The van der Waals surface area contributed by atoms with E-state index in [-0.39, 0.29) is 12.5 Å². The fourth-order valence-corrected chi connectivity index (χ4v) is 1.56. The fraction of sp³-hybridized carbons (Fsp3) is 0.833. The molecule has 18 heavy (non-hydrogen) atoms. The number of hydrogen-bond donors (Lipinski definition) is 2. The van der Waals surface area contributed by atoms with Crippen molar-refractivity contribution in [1.82, 2.24) is 5.32 Å². The van der Waals surface area contributed by atoms with Crippen LogP contribution in [0.4, 0.5) is 4.79 Å². The van der Waals surface area contributed by atoms with Crippen LogP contribution >= 0.6 is 12.6 Å². The number of rotatable bonds is 5. The van der Waals surface area contributed by atoms with E-state index in [1.54, 1.807) is 20.8 Å². The number of amides is 1. The van der Waals surface area contributed by atoms with Gasteiger partial charge in [0.1, 0.15) is 18.2 Å². The number of nitrogens with one attached hydrogen (secondary N) is 1. The van der Waals surface area contributed by atoms with Gasteiger partial charge in [0, 0.05) is 5.75 Å². The number of carbonyl (C=O) groups excluding carboxylic acids is 2. The molecule has 0 heterocycles. The van der Waals surface area contributed by atoms with Gasteiger partial charge < -0.3 is 14.8 Å². The molecule has 0 spiro atoms. The second-order valence-electron chi connectivity index (χ2n) is 5.35. The van der Waals surface area contributed by atoms with E-state index in [9.17, 15) is 9.59 Å². The van der Waals surface area contributed by atoms with Crippen molar-refractivity contribution in [2.24, 2.45) is 5.92 Å². The van der Waals surface area contributed by atoms with E-state index in [1.807, 2.05) is 0 Å². The highest BCUT2D eigenvalue weighted by Gasteiger charge is 2.39. The van der Waals surface area contributed by atoms with Crippen LogP contribution in [-0.4, -0.2) is 36.1 Å². The Balaban J connectivity index is 2.47. The van der Waals surface area contributed by atoms with Gasteiger partial charge in [-0.3, -0.25) is 0 Å². The van der Waals surface area contributed by atoms with Crippen molar-refractivity contribution >= 4 is 24.7 Å². The first-order valence-corrected chi connectivity index (χ1v) is 6.74. The topological polar surface area (TPSA) is 64.6 Å². The molecule has 5 nitrogen and oxygen atoms in total. The Bertz CT molecular complexity index is 310. The van der Waals surface area contributed by atoms with Gasteiger partial charge in [-0.15, -0.1) is 0 Å². The quantitative estimate of drug-likeness (QED) is 0.593. The first kappa shape index (κ1) is 15.1. The lowest BCUT2D eigenvalue weighted by atomic mass is 10.2. The zero-order valence-corrected chi connectivity index (χ0v) is 12.0. The summed E-state index contributed by atoms with van der Waals surface area (Å²) in [7, 11) is 0. The smallest absolute Gasteiger partial charge is 0.408 e. The highest BCUT2D eigenvalue weighted by atomic mass is 32.1. The van der Waals surface area contributed by atoms with E-state index in [0.717, 1.165) is 12.8 Å². The van der Waals surface area contributed by atoms with Gasteiger partial charge in [-0.05, 0) is 39.5 Å². The largest absolute Gasteiger partial charge is 0.463 e. The highest BCUT2D eigenvalue weighted by molar-refractivity contribution is 7.80. The van der Waals surface area contributed by atoms with Crippen molar-refractivity contribution in [2.45, 2.75) is 45.3 Å². The Morgan fingerprint density at radius 2 is 2.00 bits per heavy atom. The first-order chi connectivity index (χ1) is 8.33. The molecule has 0 aliphatic heterocycles. The van der Waals surface area contributed by atoms with Crippen LogP contribution < -0.4 is 5.32 Å². The molecule has 6 heteroatoms. The first-order valence-electron chi connectivity index (χ1n) is 6.10. The SMILES string of the molecule is CC(C)(C)OC(=O)NC(C(=O)OCCS)C1CC1. The van der Waals surface area contributed by atoms with Gasteiger partial charge in [0.25, 0.3) is 0 Å². The summed E-state index contributed by atoms with van der Waals surface area (Å²) in [6.45, 7) is 5.58. The molecular formula is C12H21NO4S. The number of hydrogen-bond acceptors (Lipinski definition) is 5. The van der Waals surface area contributed by atoms with E-state index >= 15 is 0 Å². The monoisotopic (exact) mass is 275 g/mol. The molecule has 1 atom stereocenters. The lowest BCUT2D eigenvalue weighted by Gasteiger charge is -2.22. The van der Waals surface area contributed by atoms with Gasteiger partial charge >= 0.3 is 12.1 Å². The van der Waals surface area contributed by atoms with Crippen LogP contribution in [0.5, 0.6) is 0 Å². The third-order valence-electron chi connectivity index (χ3n) is 2.36. The van der Waals surface area contributed by atoms with E-state index < -0.39 is 23.7 Å². The van der Waals surface area contributed by atoms with Crippen LogP contribution in [0.25, 0.3) is 0 Å². The summed E-state index contributed by atoms with van der Waals surface area (Å²) in [5.41, 5.74) is -0.576. The third kappa shape index (κ3) is 5.62. The molecular weight excluding hydrogens is 254 g/mol. The molecule has 0 aromatic rings. The average Bonchev–Trinajstić information content (AvgIpc) is 3.03. The highest BCUT2D eigenvalue weighted by Crippen LogP contribution is 2.33. The molecule has 0 radical (unpaired) electrons. The van der Waals surface area contributed by atoms with Gasteiger partial charge in [0.2, 0.25) is 0 Å². The number of carbonyl (C=O) groups is 2. The van der Waals surface area contributed by atoms with Crippen molar-refractivity contribution in [1.29, 1.82) is 0 Å². The second kappa shape index (κ2) is 6.31. The van der Waals surface area contributed by atoms with Crippen LogP contribution in [-0.2, 0) is 14.3 Å². The standard InChI is InChI=1S/C12H21NO4S/c1-12(2,3)17-11(15)13-9(8-4-5-8)10(14)16-6-7-18/h8-9,18H,4-7H2,1-3H3,(H,13,15). The van der Waals surface area contributed by atoms with Gasteiger partial charge in [-0.2, -0.15) is 12.6 Å². The minimum Gasteiger partial charge on any atom is -0.463 e. The Hall–Kier alpha value is -0.910. The maximum Gasteiger partial charge on any atom is 0.408 e. The molecule has 1 aliphatic carbocycles. The minimum atomic E-state index is -0.597. The summed E-state index contributed by atoms with van der Waals surface area (Å²) >= 11 is 3.97. The summed E-state index contributed by atoms with van der Waals surface area (Å²) in [4.78, 5) is 23.4. The van der Waals surface area contributed by atoms with Crippen LogP contribution in [0.3, 0.4) is 0 Å². The normalized spacial score (nSPS) is 16.9. The number of alkyl carbamates (subject to hydrolysis) is 1. The van der Waals surface area contributed by atoms with Gasteiger partial charge in [-0.1, -0.05) is 0 Å². The van der Waals surface area contributed by atoms with Crippen molar-refractivity contribution in [3.8, 4) is 0 Å². The Morgan fingerprint density at radius 1 is 1.39 bits per heavy atom. The van der Waals surface area contributed by atoms with Crippen LogP contribution in [0.1, 0.15) is 33.6 Å². The van der Waals surface area contributed by atoms with Crippen LogP contribution in [0.2, 0.25) is 0 Å². The molecule has 1 aliphatic rings.